The number of hydrogen-bond donors (Lipinski definition) is 2. The normalized spacial score (nSPS) is 11.1. The van der Waals surface area contributed by atoms with Crippen LogP contribution in [0, 0.1) is 6.92 Å². The molecule has 9 nitrogen and oxygen atoms in total. The molecule has 0 bridgehead atoms. The van der Waals surface area contributed by atoms with Gasteiger partial charge in [0.25, 0.3) is 5.56 Å². The molecule has 0 unspecified atom stereocenters. The summed E-state index contributed by atoms with van der Waals surface area (Å²) in [4.78, 5) is 34.5. The van der Waals surface area contributed by atoms with Crippen LogP contribution in [0.15, 0.2) is 70.4 Å². The van der Waals surface area contributed by atoms with Gasteiger partial charge < -0.3 is 15.8 Å². The molecule has 0 aliphatic heterocycles. The third kappa shape index (κ3) is 4.45. The van der Waals surface area contributed by atoms with E-state index in [4.69, 9.17) is 22.1 Å². The molecule has 0 saturated heterocycles. The Morgan fingerprint density at radius 3 is 2.44 bits per heavy atom. The highest BCUT2D eigenvalue weighted by Crippen LogP contribution is 2.39. The molecule has 0 radical (unpaired) electrons. The maximum absolute atomic E-state index is 13.0. The van der Waals surface area contributed by atoms with Gasteiger partial charge in [0.15, 0.2) is 0 Å². The van der Waals surface area contributed by atoms with Crippen LogP contribution in [-0.4, -0.2) is 26.2 Å². The third-order valence-corrected chi connectivity index (χ3v) is 7.29. The maximum atomic E-state index is 13.0. The van der Waals surface area contributed by atoms with Crippen molar-refractivity contribution in [1.82, 2.24) is 19.1 Å². The first-order valence-electron chi connectivity index (χ1n) is 12.2. The molecule has 0 aliphatic rings. The first-order chi connectivity index (χ1) is 18.8. The summed E-state index contributed by atoms with van der Waals surface area (Å²) in [6, 6.07) is 17.0. The van der Waals surface area contributed by atoms with Crippen LogP contribution < -0.4 is 27.0 Å². The van der Waals surface area contributed by atoms with E-state index in [9.17, 15) is 9.59 Å². The summed E-state index contributed by atoms with van der Waals surface area (Å²) in [5.74, 6) is 0.824. The second-order valence-electron chi connectivity index (χ2n) is 9.10. The van der Waals surface area contributed by atoms with Crippen LogP contribution in [0.4, 0.5) is 11.5 Å². The van der Waals surface area contributed by atoms with Gasteiger partial charge in [-0.15, -0.1) is 0 Å². The summed E-state index contributed by atoms with van der Waals surface area (Å²) in [6.07, 6.45) is 1.57. The Kier molecular flexibility index (Phi) is 6.94. The van der Waals surface area contributed by atoms with Crippen molar-refractivity contribution in [2.24, 2.45) is 19.8 Å². The average molecular weight is 543 g/mol. The predicted octanol–water partition coefficient (Wildman–Crippen LogP) is 4.53. The van der Waals surface area contributed by atoms with Gasteiger partial charge in [-0.3, -0.25) is 13.9 Å². The Balaban J connectivity index is 1.60. The minimum atomic E-state index is -0.420. The molecule has 0 fully saturated rings. The predicted molar refractivity (Wildman–Crippen MR) is 155 cm³/mol. The molecule has 0 spiro atoms. The summed E-state index contributed by atoms with van der Waals surface area (Å²) in [6.45, 7) is 2.29. The summed E-state index contributed by atoms with van der Waals surface area (Å²) in [7, 11) is 4.64. The summed E-state index contributed by atoms with van der Waals surface area (Å²) < 4.78 is 7.92. The highest BCUT2D eigenvalue weighted by molar-refractivity contribution is 6.36. The lowest BCUT2D eigenvalue weighted by molar-refractivity contribution is 0.393. The Bertz CT molecular complexity index is 1860. The van der Waals surface area contributed by atoms with E-state index in [0.29, 0.717) is 39.9 Å². The van der Waals surface area contributed by atoms with Gasteiger partial charge in [-0.2, -0.15) is 0 Å². The zero-order chi connectivity index (χ0) is 27.8. The highest BCUT2D eigenvalue weighted by atomic mass is 35.5. The zero-order valence-corrected chi connectivity index (χ0v) is 22.7. The molecule has 2 aromatic carbocycles. The largest absolute Gasteiger partial charge is 0.481 e. The standard InChI is InChI=1S/C29H27ClN6O3/c1-16-18(19-8-5-9-20(25(19)30)22-12-11-17(15-31)27(34-22)39-4)7-6-10-21(16)33-26-24-23(13-14-32-26)35(2)29(38)36(3)28(24)37/h5-14H,15,31H2,1-4H3,(H,32,33). The van der Waals surface area contributed by atoms with Crippen molar-refractivity contribution >= 4 is 34.0 Å². The topological polar surface area (TPSA) is 117 Å². The molecular weight excluding hydrogens is 516 g/mol. The van der Waals surface area contributed by atoms with Crippen molar-refractivity contribution in [2.45, 2.75) is 13.5 Å². The van der Waals surface area contributed by atoms with Crippen LogP contribution in [0.25, 0.3) is 33.3 Å². The van der Waals surface area contributed by atoms with E-state index >= 15 is 0 Å². The molecule has 5 aromatic rings. The van der Waals surface area contributed by atoms with Gasteiger partial charge in [-0.05, 0) is 36.2 Å². The van der Waals surface area contributed by atoms with E-state index in [1.54, 1.807) is 26.4 Å². The number of nitrogens with one attached hydrogen (secondary N) is 1. The lowest BCUT2D eigenvalue weighted by atomic mass is 9.96. The van der Waals surface area contributed by atoms with Crippen molar-refractivity contribution < 1.29 is 4.74 Å². The van der Waals surface area contributed by atoms with Gasteiger partial charge in [-0.1, -0.05) is 48.0 Å². The molecule has 0 aliphatic carbocycles. The summed E-state index contributed by atoms with van der Waals surface area (Å²) >= 11 is 6.97. The third-order valence-electron chi connectivity index (χ3n) is 6.89. The van der Waals surface area contributed by atoms with Crippen molar-refractivity contribution in [3.8, 4) is 28.3 Å². The molecule has 10 heteroatoms. The number of anilines is 2. The molecular formula is C29H27ClN6O3. The number of pyridine rings is 2. The average Bonchev–Trinajstić information content (AvgIpc) is 2.96. The van der Waals surface area contributed by atoms with Crippen molar-refractivity contribution in [3.05, 3.63) is 97.8 Å². The van der Waals surface area contributed by atoms with Gasteiger partial charge in [-0.25, -0.2) is 14.8 Å². The Labute approximate surface area is 229 Å². The van der Waals surface area contributed by atoms with E-state index in [2.05, 4.69) is 15.3 Å². The number of aryl methyl sites for hydroxylation is 1. The van der Waals surface area contributed by atoms with Crippen molar-refractivity contribution in [3.63, 3.8) is 0 Å². The lowest BCUT2D eigenvalue weighted by Gasteiger charge is -2.17. The number of nitrogens with two attached hydrogens (primary N) is 1. The molecule has 39 heavy (non-hydrogen) atoms. The van der Waals surface area contributed by atoms with Crippen LogP contribution in [0.5, 0.6) is 5.88 Å². The minimum Gasteiger partial charge on any atom is -0.481 e. The molecule has 3 heterocycles. The van der Waals surface area contributed by atoms with E-state index in [0.717, 1.165) is 38.1 Å². The monoisotopic (exact) mass is 542 g/mol. The first kappa shape index (κ1) is 26.1. The van der Waals surface area contributed by atoms with E-state index < -0.39 is 11.2 Å². The minimum absolute atomic E-state index is 0.317. The second kappa shape index (κ2) is 10.4. The molecule has 5 rings (SSSR count). The Morgan fingerprint density at radius 2 is 1.69 bits per heavy atom. The highest BCUT2D eigenvalue weighted by Gasteiger charge is 2.18. The fraction of sp³-hybridized carbons (Fsp3) is 0.172. The summed E-state index contributed by atoms with van der Waals surface area (Å²) in [5.41, 5.74) is 11.1. The van der Waals surface area contributed by atoms with Gasteiger partial charge in [0.05, 0.1) is 23.3 Å². The molecule has 0 saturated carbocycles. The number of halogens is 1. The van der Waals surface area contributed by atoms with E-state index in [1.807, 2.05) is 55.5 Å². The number of rotatable bonds is 6. The molecule has 3 N–H and O–H groups in total. The van der Waals surface area contributed by atoms with Gasteiger partial charge in [0.1, 0.15) is 11.2 Å². The number of fused-ring (bicyclic) bond motifs is 1. The molecule has 0 amide bonds. The van der Waals surface area contributed by atoms with Crippen molar-refractivity contribution in [1.29, 1.82) is 0 Å². The number of hydrogen-bond acceptors (Lipinski definition) is 7. The second-order valence-corrected chi connectivity index (χ2v) is 9.48. The Morgan fingerprint density at radius 1 is 0.974 bits per heavy atom. The molecule has 198 valence electrons. The first-order valence-corrected chi connectivity index (χ1v) is 12.6. The van der Waals surface area contributed by atoms with Crippen LogP contribution in [0.2, 0.25) is 5.02 Å². The van der Waals surface area contributed by atoms with Crippen LogP contribution >= 0.6 is 11.6 Å². The zero-order valence-electron chi connectivity index (χ0n) is 21.9. The Hall–Kier alpha value is -4.47. The smallest absolute Gasteiger partial charge is 0.330 e. The fourth-order valence-corrected chi connectivity index (χ4v) is 5.02. The molecule has 0 atom stereocenters. The van der Waals surface area contributed by atoms with Gasteiger partial charge >= 0.3 is 5.69 Å². The number of nitrogens with zero attached hydrogens (tertiary/aromatic N) is 4. The quantitative estimate of drug-likeness (QED) is 0.323. The number of ether oxygens (including phenoxy) is 1. The van der Waals surface area contributed by atoms with Gasteiger partial charge in [0.2, 0.25) is 5.88 Å². The lowest BCUT2D eigenvalue weighted by Crippen LogP contribution is -2.37. The maximum Gasteiger partial charge on any atom is 0.330 e. The number of benzene rings is 2. The molecule has 3 aromatic heterocycles. The van der Waals surface area contributed by atoms with Crippen molar-refractivity contribution in [2.75, 3.05) is 12.4 Å². The summed E-state index contributed by atoms with van der Waals surface area (Å²) in [5, 5.41) is 4.18. The van der Waals surface area contributed by atoms with Crippen LogP contribution in [-0.2, 0) is 20.6 Å². The number of aromatic nitrogens is 4. The van der Waals surface area contributed by atoms with Crippen LogP contribution in [0.3, 0.4) is 0 Å². The van der Waals surface area contributed by atoms with Gasteiger partial charge in [0, 0.05) is 49.2 Å². The van der Waals surface area contributed by atoms with E-state index in [1.165, 1.54) is 11.6 Å². The fourth-order valence-electron chi connectivity index (χ4n) is 4.70. The number of methoxy groups -OCH3 is 1. The van der Waals surface area contributed by atoms with Crippen LogP contribution in [0.1, 0.15) is 11.1 Å². The SMILES string of the molecule is COc1nc(-c2cccc(-c3cccc(Nc4nccc5c4c(=O)n(C)c(=O)n5C)c3C)c2Cl)ccc1CN. The van der Waals surface area contributed by atoms with E-state index in [-0.39, 0.29) is 0 Å².